The highest BCUT2D eigenvalue weighted by molar-refractivity contribution is 9.10. The van der Waals surface area contributed by atoms with E-state index in [-0.39, 0.29) is 6.03 Å². The molecule has 3 aromatic rings. The van der Waals surface area contributed by atoms with Gasteiger partial charge in [0, 0.05) is 10.2 Å². The molecule has 0 spiro atoms. The quantitative estimate of drug-likeness (QED) is 0.592. The number of para-hydroxylation sites is 1. The number of hydrogen-bond donors (Lipinski definition) is 2. The number of halogens is 1. The fraction of sp³-hybridized carbons (Fsp3) is 0.0952. The van der Waals surface area contributed by atoms with Crippen molar-refractivity contribution < 1.29 is 4.79 Å². The highest BCUT2D eigenvalue weighted by Crippen LogP contribution is 2.47. The molecule has 0 bridgehead atoms. The van der Waals surface area contributed by atoms with E-state index in [0.717, 1.165) is 32.4 Å². The zero-order valence-corrected chi connectivity index (χ0v) is 15.3. The van der Waals surface area contributed by atoms with Crippen LogP contribution < -0.4 is 10.6 Å². The Kier molecular flexibility index (Phi) is 3.85. The zero-order valence-electron chi connectivity index (χ0n) is 13.7. The van der Waals surface area contributed by atoms with Gasteiger partial charge in [-0.15, -0.1) is 0 Å². The minimum absolute atomic E-state index is 0.223. The first-order valence-electron chi connectivity index (χ1n) is 8.12. The number of rotatable bonds is 2. The maximum atomic E-state index is 12.6. The van der Waals surface area contributed by atoms with Crippen LogP contribution in [-0.2, 0) is 5.54 Å². The molecule has 4 heteroatoms. The summed E-state index contributed by atoms with van der Waals surface area (Å²) in [6.07, 6.45) is 0. The first-order valence-corrected chi connectivity index (χ1v) is 8.91. The predicted molar refractivity (Wildman–Crippen MR) is 105 cm³/mol. The second-order valence-corrected chi connectivity index (χ2v) is 7.22. The first kappa shape index (κ1) is 15.9. The van der Waals surface area contributed by atoms with Crippen molar-refractivity contribution in [3.63, 3.8) is 0 Å². The maximum absolute atomic E-state index is 12.6. The van der Waals surface area contributed by atoms with Gasteiger partial charge in [0.15, 0.2) is 0 Å². The Morgan fingerprint density at radius 2 is 1.56 bits per heavy atom. The fourth-order valence-electron chi connectivity index (χ4n) is 3.52. The highest BCUT2D eigenvalue weighted by Gasteiger charge is 2.40. The van der Waals surface area contributed by atoms with Gasteiger partial charge in [0.25, 0.3) is 0 Å². The van der Waals surface area contributed by atoms with Crippen LogP contribution in [0.15, 0.2) is 77.3 Å². The lowest BCUT2D eigenvalue weighted by Gasteiger charge is -2.29. The van der Waals surface area contributed by atoms with Gasteiger partial charge in [0.2, 0.25) is 0 Å². The Balaban J connectivity index is 1.72. The molecule has 0 aliphatic heterocycles. The van der Waals surface area contributed by atoms with Gasteiger partial charge in [0.05, 0.1) is 5.54 Å². The standard InChI is InChI=1S/C21H17BrN2O/c1-21(24-20(25)23-15-7-3-2-4-8-15)18-10-6-5-9-16(18)17-13-14(22)11-12-19(17)21/h2-13H,1H3,(H2,23,24,25). The van der Waals surface area contributed by atoms with E-state index in [2.05, 4.69) is 57.8 Å². The number of carbonyl (C=O) groups is 1. The molecule has 0 fully saturated rings. The van der Waals surface area contributed by atoms with Crippen LogP contribution >= 0.6 is 15.9 Å². The van der Waals surface area contributed by atoms with Gasteiger partial charge in [-0.05, 0) is 53.4 Å². The van der Waals surface area contributed by atoms with Crippen LogP contribution in [0.5, 0.6) is 0 Å². The van der Waals surface area contributed by atoms with E-state index in [0.29, 0.717) is 0 Å². The number of urea groups is 1. The Morgan fingerprint density at radius 3 is 2.36 bits per heavy atom. The summed E-state index contributed by atoms with van der Waals surface area (Å²) in [7, 11) is 0. The molecule has 1 atom stereocenters. The summed E-state index contributed by atoms with van der Waals surface area (Å²) in [5.74, 6) is 0. The van der Waals surface area contributed by atoms with Crippen LogP contribution in [0.1, 0.15) is 18.1 Å². The summed E-state index contributed by atoms with van der Waals surface area (Å²) in [5.41, 5.74) is 4.69. The van der Waals surface area contributed by atoms with E-state index in [1.54, 1.807) is 0 Å². The molecule has 0 saturated heterocycles. The number of benzene rings is 3. The van der Waals surface area contributed by atoms with Crippen LogP contribution in [0.2, 0.25) is 0 Å². The molecule has 1 unspecified atom stereocenters. The van der Waals surface area contributed by atoms with Crippen molar-refractivity contribution in [1.82, 2.24) is 5.32 Å². The second-order valence-electron chi connectivity index (χ2n) is 6.31. The molecule has 0 aromatic heterocycles. The third-order valence-electron chi connectivity index (χ3n) is 4.67. The van der Waals surface area contributed by atoms with Gasteiger partial charge >= 0.3 is 6.03 Å². The van der Waals surface area contributed by atoms with Gasteiger partial charge < -0.3 is 10.6 Å². The lowest BCUT2D eigenvalue weighted by Crippen LogP contribution is -2.45. The van der Waals surface area contributed by atoms with Gasteiger partial charge in [0.1, 0.15) is 0 Å². The Hall–Kier alpha value is -2.59. The van der Waals surface area contributed by atoms with Gasteiger partial charge in [-0.1, -0.05) is 64.5 Å². The number of anilines is 1. The largest absolute Gasteiger partial charge is 0.324 e. The molecule has 25 heavy (non-hydrogen) atoms. The molecule has 2 N–H and O–H groups in total. The zero-order chi connectivity index (χ0) is 17.4. The summed E-state index contributed by atoms with van der Waals surface area (Å²) in [5, 5.41) is 6.08. The summed E-state index contributed by atoms with van der Waals surface area (Å²) in [4.78, 5) is 12.6. The van der Waals surface area contributed by atoms with Crippen molar-refractivity contribution in [3.05, 3.63) is 88.4 Å². The summed E-state index contributed by atoms with van der Waals surface area (Å²) >= 11 is 3.55. The monoisotopic (exact) mass is 392 g/mol. The Labute approximate surface area is 155 Å². The van der Waals surface area contributed by atoms with Crippen LogP contribution in [0.4, 0.5) is 10.5 Å². The average Bonchev–Trinajstić information content (AvgIpc) is 2.84. The SMILES string of the molecule is CC1(NC(=O)Nc2ccccc2)c2ccccc2-c2cc(Br)ccc21. The molecule has 0 saturated carbocycles. The van der Waals surface area contributed by atoms with Crippen molar-refractivity contribution in [2.24, 2.45) is 0 Å². The Morgan fingerprint density at radius 1 is 0.880 bits per heavy atom. The summed E-state index contributed by atoms with van der Waals surface area (Å²) in [6, 6.07) is 23.6. The molecule has 1 aliphatic carbocycles. The number of fused-ring (bicyclic) bond motifs is 3. The lowest BCUT2D eigenvalue weighted by molar-refractivity contribution is 0.244. The Bertz CT molecular complexity index is 955. The van der Waals surface area contributed by atoms with Crippen LogP contribution in [0.3, 0.4) is 0 Å². The van der Waals surface area contributed by atoms with E-state index >= 15 is 0 Å². The van der Waals surface area contributed by atoms with E-state index in [4.69, 9.17) is 0 Å². The number of nitrogens with one attached hydrogen (secondary N) is 2. The smallest absolute Gasteiger partial charge is 0.320 e. The van der Waals surface area contributed by atoms with E-state index < -0.39 is 5.54 Å². The number of amides is 2. The molecule has 4 rings (SSSR count). The van der Waals surface area contributed by atoms with E-state index in [1.807, 2.05) is 48.5 Å². The molecule has 124 valence electrons. The molecular formula is C21H17BrN2O. The molecule has 0 radical (unpaired) electrons. The fourth-order valence-corrected chi connectivity index (χ4v) is 3.88. The molecule has 2 amide bonds. The average molecular weight is 393 g/mol. The van der Waals surface area contributed by atoms with Crippen molar-refractivity contribution in [1.29, 1.82) is 0 Å². The summed E-state index contributed by atoms with van der Waals surface area (Å²) < 4.78 is 1.03. The van der Waals surface area contributed by atoms with Gasteiger partial charge in [-0.3, -0.25) is 0 Å². The number of carbonyl (C=O) groups excluding carboxylic acids is 1. The van der Waals surface area contributed by atoms with Crippen LogP contribution in [0, 0.1) is 0 Å². The maximum Gasteiger partial charge on any atom is 0.320 e. The minimum atomic E-state index is -0.578. The molecular weight excluding hydrogens is 376 g/mol. The molecule has 0 heterocycles. The van der Waals surface area contributed by atoms with Crippen molar-refractivity contribution >= 4 is 27.6 Å². The summed E-state index contributed by atoms with van der Waals surface area (Å²) in [6.45, 7) is 2.05. The molecule has 3 nitrogen and oxygen atoms in total. The first-order chi connectivity index (χ1) is 12.1. The van der Waals surface area contributed by atoms with Gasteiger partial charge in [-0.2, -0.15) is 0 Å². The second kappa shape index (κ2) is 6.05. The molecule has 1 aliphatic rings. The third kappa shape index (κ3) is 2.72. The highest BCUT2D eigenvalue weighted by atomic mass is 79.9. The molecule has 3 aromatic carbocycles. The van der Waals surface area contributed by atoms with Gasteiger partial charge in [-0.25, -0.2) is 4.79 Å². The lowest BCUT2D eigenvalue weighted by atomic mass is 9.90. The normalized spacial score (nSPS) is 17.5. The van der Waals surface area contributed by atoms with Crippen molar-refractivity contribution in [2.75, 3.05) is 5.32 Å². The van der Waals surface area contributed by atoms with E-state index in [1.165, 1.54) is 0 Å². The van der Waals surface area contributed by atoms with Crippen molar-refractivity contribution in [3.8, 4) is 11.1 Å². The van der Waals surface area contributed by atoms with Crippen molar-refractivity contribution in [2.45, 2.75) is 12.5 Å². The number of hydrogen-bond acceptors (Lipinski definition) is 1. The van der Waals surface area contributed by atoms with E-state index in [9.17, 15) is 4.79 Å². The third-order valence-corrected chi connectivity index (χ3v) is 5.16. The predicted octanol–water partition coefficient (Wildman–Crippen LogP) is 5.51. The topological polar surface area (TPSA) is 41.1 Å². The van der Waals surface area contributed by atoms with Crippen LogP contribution in [0.25, 0.3) is 11.1 Å². The van der Waals surface area contributed by atoms with Crippen LogP contribution in [-0.4, -0.2) is 6.03 Å². The minimum Gasteiger partial charge on any atom is -0.324 e.